The van der Waals surface area contributed by atoms with Crippen LogP contribution < -0.4 is 15.8 Å². The molecule has 5 N–H and O–H groups in total. The van der Waals surface area contributed by atoms with E-state index in [9.17, 15) is 14.6 Å². The number of unbranched alkanes of at least 4 members (excludes halogenated alkanes) is 1. The van der Waals surface area contributed by atoms with E-state index in [0.29, 0.717) is 25.3 Å². The van der Waals surface area contributed by atoms with Crippen molar-refractivity contribution in [3.63, 3.8) is 0 Å². The topological polar surface area (TPSA) is 131 Å². The zero-order valence-corrected chi connectivity index (χ0v) is 15.8. The second-order valence-corrected chi connectivity index (χ2v) is 6.67. The molecule has 0 spiro atoms. The minimum atomic E-state index is -1.28. The average Bonchev–Trinajstić information content (AvgIpc) is 2.80. The van der Waals surface area contributed by atoms with Gasteiger partial charge in [-0.1, -0.05) is 24.3 Å². The number of amides is 1. The van der Waals surface area contributed by atoms with Crippen molar-refractivity contribution in [2.24, 2.45) is 5.73 Å². The summed E-state index contributed by atoms with van der Waals surface area (Å²) in [5.41, 5.74) is 6.24. The van der Waals surface area contributed by atoms with E-state index in [2.05, 4.69) is 5.32 Å². The number of carboxylic acid groups (broad SMARTS) is 1. The van der Waals surface area contributed by atoms with Crippen molar-refractivity contribution < 1.29 is 29.1 Å². The van der Waals surface area contributed by atoms with E-state index < -0.39 is 25.1 Å². The molecule has 1 aliphatic rings. The van der Waals surface area contributed by atoms with Crippen molar-refractivity contribution >= 4 is 19.0 Å². The molecular formula is C19H27BN2O6. The van der Waals surface area contributed by atoms with Crippen LogP contribution in [0.15, 0.2) is 36.4 Å². The van der Waals surface area contributed by atoms with Gasteiger partial charge in [0, 0.05) is 0 Å². The van der Waals surface area contributed by atoms with Crippen molar-refractivity contribution in [1.82, 2.24) is 5.32 Å². The van der Waals surface area contributed by atoms with Crippen LogP contribution in [0.1, 0.15) is 31.2 Å². The number of rotatable bonds is 10. The molecule has 28 heavy (non-hydrogen) atoms. The highest BCUT2D eigenvalue weighted by molar-refractivity contribution is 6.45. The Kier molecular flexibility index (Phi) is 8.99. The van der Waals surface area contributed by atoms with Crippen LogP contribution in [0, 0.1) is 0 Å². The van der Waals surface area contributed by atoms with E-state index in [4.69, 9.17) is 20.2 Å². The predicted octanol–water partition coefficient (Wildman–Crippen LogP) is 0.671. The summed E-state index contributed by atoms with van der Waals surface area (Å²) in [6.45, 7) is 1.20. The Hall–Kier alpha value is -2.36. The number of ether oxygens (including phenoxy) is 1. The lowest BCUT2D eigenvalue weighted by molar-refractivity contribution is -0.138. The third-order valence-electron chi connectivity index (χ3n) is 4.25. The molecule has 8 nitrogen and oxygen atoms in total. The molecule has 152 valence electrons. The molecule has 0 saturated heterocycles. The molecule has 1 amide bonds. The summed E-state index contributed by atoms with van der Waals surface area (Å²) in [4.78, 5) is 23.2. The Bertz CT molecular complexity index is 684. The maximum Gasteiger partial charge on any atom is 0.478 e. The van der Waals surface area contributed by atoms with Crippen LogP contribution in [0.5, 0.6) is 5.75 Å². The monoisotopic (exact) mass is 390 g/mol. The Morgan fingerprint density at radius 1 is 1.36 bits per heavy atom. The fourth-order valence-electron chi connectivity index (χ4n) is 2.86. The Balaban J connectivity index is 1.84. The van der Waals surface area contributed by atoms with Gasteiger partial charge in [0.25, 0.3) is 0 Å². The zero-order valence-electron chi connectivity index (χ0n) is 15.8. The maximum atomic E-state index is 12.4. The van der Waals surface area contributed by atoms with Crippen LogP contribution >= 0.6 is 0 Å². The second-order valence-electron chi connectivity index (χ2n) is 6.67. The third kappa shape index (κ3) is 7.71. The number of benzene rings is 1. The van der Waals surface area contributed by atoms with E-state index in [0.717, 1.165) is 18.4 Å². The van der Waals surface area contributed by atoms with Crippen molar-refractivity contribution in [3.05, 3.63) is 42.0 Å². The lowest BCUT2D eigenvalue weighted by Gasteiger charge is -2.20. The lowest BCUT2D eigenvalue weighted by Crippen LogP contribution is -2.48. The van der Waals surface area contributed by atoms with Crippen molar-refractivity contribution in [1.29, 1.82) is 0 Å². The molecule has 0 fully saturated rings. The summed E-state index contributed by atoms with van der Waals surface area (Å²) >= 11 is 0. The van der Waals surface area contributed by atoms with Gasteiger partial charge in [-0.15, -0.1) is 0 Å². The molecule has 1 aromatic rings. The summed E-state index contributed by atoms with van der Waals surface area (Å²) in [5, 5.41) is 21.7. The quantitative estimate of drug-likeness (QED) is 0.262. The number of hydrogen-bond donors (Lipinski definition) is 4. The van der Waals surface area contributed by atoms with E-state index >= 15 is 0 Å². The molecular weight excluding hydrogens is 363 g/mol. The number of carbonyl (C=O) groups excluding carboxylic acids is 1. The summed E-state index contributed by atoms with van der Waals surface area (Å²) in [6, 6.07) is 7.30. The minimum absolute atomic E-state index is 0.130. The van der Waals surface area contributed by atoms with Gasteiger partial charge >= 0.3 is 13.1 Å². The molecule has 9 heteroatoms. The van der Waals surface area contributed by atoms with Crippen molar-refractivity contribution in [2.45, 2.75) is 44.1 Å². The summed E-state index contributed by atoms with van der Waals surface area (Å²) in [5.74, 6) is -1.23. The van der Waals surface area contributed by atoms with Gasteiger partial charge in [-0.3, -0.25) is 9.59 Å². The molecule has 0 saturated carbocycles. The largest absolute Gasteiger partial charge is 0.494 e. The third-order valence-corrected chi connectivity index (χ3v) is 4.25. The number of nitrogens with two attached hydrogens (primary N) is 1. The summed E-state index contributed by atoms with van der Waals surface area (Å²) < 4.78 is 11.0. The van der Waals surface area contributed by atoms with Crippen LogP contribution in [0.3, 0.4) is 0 Å². The Labute approximate surface area is 164 Å². The first-order valence-electron chi connectivity index (χ1n) is 9.41. The fourth-order valence-corrected chi connectivity index (χ4v) is 2.86. The molecule has 2 atom stereocenters. The van der Waals surface area contributed by atoms with Crippen LogP contribution in [0.25, 0.3) is 0 Å². The van der Waals surface area contributed by atoms with Gasteiger partial charge in [-0.25, -0.2) is 0 Å². The van der Waals surface area contributed by atoms with Crippen molar-refractivity contribution in [3.8, 4) is 5.75 Å². The lowest BCUT2D eigenvalue weighted by atomic mass is 9.77. The smallest absolute Gasteiger partial charge is 0.478 e. The van der Waals surface area contributed by atoms with Gasteiger partial charge in [-0.2, -0.15) is 0 Å². The van der Waals surface area contributed by atoms with Gasteiger partial charge in [0.2, 0.25) is 5.91 Å². The first-order chi connectivity index (χ1) is 13.5. The molecule has 0 aromatic heterocycles. The maximum absolute atomic E-state index is 12.4. The van der Waals surface area contributed by atoms with Crippen LogP contribution in [-0.4, -0.2) is 54.3 Å². The van der Waals surface area contributed by atoms with E-state index in [-0.39, 0.29) is 18.7 Å². The standard InChI is InChI=1S/C19H27BN2O6/c21-9-1-2-10-27-15-6-3-5-14(11-15)12-18(23)22-17-8-4-7-16(13-19(24)25)28-20(17)26/h3-7,11,16-17,26H,1-2,8-10,12-13,21H2,(H,22,23)(H,24,25). The van der Waals surface area contributed by atoms with Gasteiger partial charge in [-0.05, 0) is 43.5 Å². The number of aliphatic carboxylic acids is 1. The van der Waals surface area contributed by atoms with E-state index in [1.165, 1.54) is 0 Å². The van der Waals surface area contributed by atoms with Crippen molar-refractivity contribution in [2.75, 3.05) is 13.2 Å². The molecule has 2 unspecified atom stereocenters. The van der Waals surface area contributed by atoms with Gasteiger partial charge in [0.05, 0.1) is 31.5 Å². The molecule has 0 aliphatic carbocycles. The van der Waals surface area contributed by atoms with Crippen LogP contribution in [-0.2, 0) is 20.7 Å². The number of carbonyl (C=O) groups is 2. The van der Waals surface area contributed by atoms with E-state index in [1.54, 1.807) is 12.2 Å². The molecule has 1 aliphatic heterocycles. The molecule has 0 bridgehead atoms. The minimum Gasteiger partial charge on any atom is -0.494 e. The fraction of sp³-hybridized carbons (Fsp3) is 0.474. The van der Waals surface area contributed by atoms with Crippen LogP contribution in [0.2, 0.25) is 0 Å². The number of nitrogens with one attached hydrogen (secondary N) is 1. The van der Waals surface area contributed by atoms with E-state index in [1.807, 2.05) is 24.3 Å². The highest BCUT2D eigenvalue weighted by atomic mass is 16.5. The predicted molar refractivity (Wildman–Crippen MR) is 105 cm³/mol. The SMILES string of the molecule is NCCCCOc1cccc(CC(=O)NC2CC=CC(CC(=O)O)OB2O)c1. The van der Waals surface area contributed by atoms with Gasteiger partial charge in [0.1, 0.15) is 5.75 Å². The van der Waals surface area contributed by atoms with Crippen LogP contribution in [0.4, 0.5) is 0 Å². The average molecular weight is 390 g/mol. The zero-order chi connectivity index (χ0) is 20.4. The Morgan fingerprint density at radius 2 is 2.18 bits per heavy atom. The molecule has 0 radical (unpaired) electrons. The van der Waals surface area contributed by atoms with Gasteiger partial charge in [0.15, 0.2) is 0 Å². The number of carboxylic acids is 1. The number of hydrogen-bond acceptors (Lipinski definition) is 6. The summed E-state index contributed by atoms with van der Waals surface area (Å²) in [6.07, 6.45) is 4.60. The molecule has 2 rings (SSSR count). The second kappa shape index (κ2) is 11.5. The normalized spacial score (nSPS) is 19.1. The first kappa shape index (κ1) is 21.9. The first-order valence-corrected chi connectivity index (χ1v) is 9.41. The highest BCUT2D eigenvalue weighted by Crippen LogP contribution is 2.15. The Morgan fingerprint density at radius 3 is 2.93 bits per heavy atom. The van der Waals surface area contributed by atoms with Gasteiger partial charge < -0.3 is 30.6 Å². The highest BCUT2D eigenvalue weighted by Gasteiger charge is 2.32. The molecule has 1 aromatic carbocycles. The summed E-state index contributed by atoms with van der Waals surface area (Å²) in [7, 11) is -1.28. The molecule has 1 heterocycles.